The first kappa shape index (κ1) is 13.4. The highest BCUT2D eigenvalue weighted by atomic mass is 19.1. The Morgan fingerprint density at radius 1 is 1.59 bits per heavy atom. The predicted octanol–water partition coefficient (Wildman–Crippen LogP) is 1.36. The summed E-state index contributed by atoms with van der Waals surface area (Å²) in [7, 11) is 1.28. The molecule has 1 aromatic rings. The van der Waals surface area contributed by atoms with Gasteiger partial charge in [0, 0.05) is 18.8 Å². The van der Waals surface area contributed by atoms with Crippen molar-refractivity contribution in [3.05, 3.63) is 34.0 Å². The van der Waals surface area contributed by atoms with Crippen molar-refractivity contribution >= 4 is 5.97 Å². The molecule has 0 fully saturated rings. The standard InChI is InChI=1S/C12H16FNO3/c1-4-14-7-10(13)9(6-11(14)15)5-8(2)12(16)17-3/h6-8H,4-5H2,1-3H3/t8-/m0/s1. The molecule has 0 saturated heterocycles. The third-order valence-corrected chi connectivity index (χ3v) is 2.63. The molecule has 0 aliphatic rings. The van der Waals surface area contributed by atoms with Gasteiger partial charge in [0.1, 0.15) is 5.82 Å². The lowest BCUT2D eigenvalue weighted by Crippen LogP contribution is -2.22. The number of pyridine rings is 1. The van der Waals surface area contributed by atoms with Crippen LogP contribution in [0, 0.1) is 11.7 Å². The second-order valence-electron chi connectivity index (χ2n) is 3.90. The third kappa shape index (κ3) is 3.15. The molecule has 0 spiro atoms. The molecular weight excluding hydrogens is 225 g/mol. The van der Waals surface area contributed by atoms with Crippen LogP contribution in [0.15, 0.2) is 17.1 Å². The molecule has 0 bridgehead atoms. The van der Waals surface area contributed by atoms with Gasteiger partial charge >= 0.3 is 5.97 Å². The second kappa shape index (κ2) is 5.61. The minimum Gasteiger partial charge on any atom is -0.469 e. The average Bonchev–Trinajstić information content (AvgIpc) is 2.32. The Hall–Kier alpha value is -1.65. The first-order chi connectivity index (χ1) is 7.99. The molecule has 0 N–H and O–H groups in total. The van der Waals surface area contributed by atoms with Crippen molar-refractivity contribution in [3.8, 4) is 0 Å². The van der Waals surface area contributed by atoms with Gasteiger partial charge in [0.25, 0.3) is 5.56 Å². The lowest BCUT2D eigenvalue weighted by atomic mass is 10.0. The van der Waals surface area contributed by atoms with E-state index in [-0.39, 0.29) is 17.5 Å². The average molecular weight is 241 g/mol. The molecule has 0 aliphatic heterocycles. The zero-order valence-electron chi connectivity index (χ0n) is 10.2. The summed E-state index contributed by atoms with van der Waals surface area (Å²) in [4.78, 5) is 22.7. The third-order valence-electron chi connectivity index (χ3n) is 2.63. The van der Waals surface area contributed by atoms with Crippen molar-refractivity contribution in [1.29, 1.82) is 0 Å². The van der Waals surface area contributed by atoms with Gasteiger partial charge in [-0.2, -0.15) is 0 Å². The molecule has 17 heavy (non-hydrogen) atoms. The first-order valence-electron chi connectivity index (χ1n) is 5.46. The number of rotatable bonds is 4. The van der Waals surface area contributed by atoms with Gasteiger partial charge in [0.2, 0.25) is 0 Å². The zero-order valence-corrected chi connectivity index (χ0v) is 10.2. The van der Waals surface area contributed by atoms with E-state index in [1.807, 2.05) is 0 Å². The van der Waals surface area contributed by atoms with Crippen molar-refractivity contribution in [2.75, 3.05) is 7.11 Å². The van der Waals surface area contributed by atoms with Crippen molar-refractivity contribution in [2.24, 2.45) is 5.92 Å². The number of halogens is 1. The van der Waals surface area contributed by atoms with Gasteiger partial charge in [0.15, 0.2) is 0 Å². The van der Waals surface area contributed by atoms with Crippen LogP contribution in [0.3, 0.4) is 0 Å². The summed E-state index contributed by atoms with van der Waals surface area (Å²) in [6.45, 7) is 3.82. The van der Waals surface area contributed by atoms with Crippen LogP contribution in [0.1, 0.15) is 19.4 Å². The molecule has 0 saturated carbocycles. The molecule has 1 atom stereocenters. The van der Waals surface area contributed by atoms with Crippen molar-refractivity contribution in [3.63, 3.8) is 0 Å². The number of aromatic nitrogens is 1. The number of nitrogens with zero attached hydrogens (tertiary/aromatic N) is 1. The fourth-order valence-electron chi connectivity index (χ4n) is 1.60. The second-order valence-corrected chi connectivity index (χ2v) is 3.90. The van der Waals surface area contributed by atoms with Crippen molar-refractivity contribution in [1.82, 2.24) is 4.57 Å². The van der Waals surface area contributed by atoms with Crippen LogP contribution < -0.4 is 5.56 Å². The Balaban J connectivity index is 2.96. The van der Waals surface area contributed by atoms with Crippen LogP contribution in [0.4, 0.5) is 4.39 Å². The van der Waals surface area contributed by atoms with E-state index in [4.69, 9.17) is 0 Å². The van der Waals surface area contributed by atoms with Crippen molar-refractivity contribution < 1.29 is 13.9 Å². The number of methoxy groups -OCH3 is 1. The summed E-state index contributed by atoms with van der Waals surface area (Å²) in [5.74, 6) is -1.35. The van der Waals surface area contributed by atoms with Gasteiger partial charge < -0.3 is 9.30 Å². The van der Waals surface area contributed by atoms with Crippen LogP contribution in [0.5, 0.6) is 0 Å². The van der Waals surface area contributed by atoms with E-state index in [1.54, 1.807) is 13.8 Å². The Morgan fingerprint density at radius 2 is 2.24 bits per heavy atom. The molecular formula is C12H16FNO3. The molecule has 0 aliphatic carbocycles. The maximum Gasteiger partial charge on any atom is 0.308 e. The summed E-state index contributed by atoms with van der Waals surface area (Å²) < 4.78 is 19.5. The SMILES string of the molecule is CCn1cc(F)c(C[C@H](C)C(=O)OC)cc1=O. The molecule has 0 aromatic carbocycles. The van der Waals surface area contributed by atoms with Gasteiger partial charge in [-0.15, -0.1) is 0 Å². The number of aryl methyl sites for hydroxylation is 1. The van der Waals surface area contributed by atoms with E-state index < -0.39 is 17.7 Å². The molecule has 1 rings (SSSR count). The number of ether oxygens (including phenoxy) is 1. The lowest BCUT2D eigenvalue weighted by Gasteiger charge is -2.10. The molecule has 5 heteroatoms. The van der Waals surface area contributed by atoms with Crippen LogP contribution >= 0.6 is 0 Å². The summed E-state index contributed by atoms with van der Waals surface area (Å²) in [5, 5.41) is 0. The van der Waals surface area contributed by atoms with E-state index in [1.165, 1.54) is 23.9 Å². The molecule has 0 radical (unpaired) electrons. The van der Waals surface area contributed by atoms with Gasteiger partial charge in [0.05, 0.1) is 13.0 Å². The van der Waals surface area contributed by atoms with E-state index in [0.29, 0.717) is 6.54 Å². The highest BCUT2D eigenvalue weighted by molar-refractivity contribution is 5.72. The molecule has 94 valence electrons. The maximum atomic E-state index is 13.6. The summed E-state index contributed by atoms with van der Waals surface area (Å²) in [5.41, 5.74) is -0.0152. The molecule has 0 unspecified atom stereocenters. The van der Waals surface area contributed by atoms with Crippen LogP contribution in [0.25, 0.3) is 0 Å². The minimum absolute atomic E-state index is 0.165. The molecule has 4 nitrogen and oxygen atoms in total. The fraction of sp³-hybridized carbons (Fsp3) is 0.500. The number of carbonyl (C=O) groups is 1. The van der Waals surface area contributed by atoms with E-state index >= 15 is 0 Å². The largest absolute Gasteiger partial charge is 0.469 e. The monoisotopic (exact) mass is 241 g/mol. The Bertz CT molecular complexity index is 467. The summed E-state index contributed by atoms with van der Waals surface area (Å²) in [6, 6.07) is 1.23. The molecule has 0 amide bonds. The Kier molecular flexibility index (Phi) is 4.43. The van der Waals surface area contributed by atoms with Gasteiger partial charge in [-0.3, -0.25) is 9.59 Å². The zero-order chi connectivity index (χ0) is 13.0. The van der Waals surface area contributed by atoms with E-state index in [0.717, 1.165) is 0 Å². The normalized spacial score (nSPS) is 12.2. The van der Waals surface area contributed by atoms with Crippen molar-refractivity contribution in [2.45, 2.75) is 26.8 Å². The first-order valence-corrected chi connectivity index (χ1v) is 5.46. The quantitative estimate of drug-likeness (QED) is 0.748. The lowest BCUT2D eigenvalue weighted by molar-refractivity contribution is -0.144. The smallest absolute Gasteiger partial charge is 0.308 e. The van der Waals surface area contributed by atoms with E-state index in [9.17, 15) is 14.0 Å². The minimum atomic E-state index is -0.470. The van der Waals surface area contributed by atoms with Crippen LogP contribution in [-0.4, -0.2) is 17.6 Å². The van der Waals surface area contributed by atoms with E-state index in [2.05, 4.69) is 4.74 Å². The van der Waals surface area contributed by atoms with Gasteiger partial charge in [-0.05, 0) is 18.9 Å². The number of carbonyl (C=O) groups excluding carboxylic acids is 1. The highest BCUT2D eigenvalue weighted by Gasteiger charge is 2.16. The predicted molar refractivity (Wildman–Crippen MR) is 61.2 cm³/mol. The Labute approximate surface area is 99.0 Å². The highest BCUT2D eigenvalue weighted by Crippen LogP contribution is 2.12. The van der Waals surface area contributed by atoms with Gasteiger partial charge in [-0.25, -0.2) is 4.39 Å². The number of esters is 1. The maximum absolute atomic E-state index is 13.6. The molecule has 1 heterocycles. The Morgan fingerprint density at radius 3 is 2.76 bits per heavy atom. The van der Waals surface area contributed by atoms with Gasteiger partial charge in [-0.1, -0.05) is 6.92 Å². The number of hydrogen-bond acceptors (Lipinski definition) is 3. The summed E-state index contributed by atoms with van der Waals surface area (Å²) in [6.07, 6.45) is 1.33. The summed E-state index contributed by atoms with van der Waals surface area (Å²) >= 11 is 0. The van der Waals surface area contributed by atoms with Crippen LogP contribution in [0.2, 0.25) is 0 Å². The fourth-order valence-corrected chi connectivity index (χ4v) is 1.60. The van der Waals surface area contributed by atoms with Crippen LogP contribution in [-0.2, 0) is 22.5 Å². The number of hydrogen-bond donors (Lipinski definition) is 0. The molecule has 1 aromatic heterocycles. The topological polar surface area (TPSA) is 48.3 Å².